The summed E-state index contributed by atoms with van der Waals surface area (Å²) in [7, 11) is 0. The number of fused-ring (bicyclic) bond motifs is 1. The van der Waals surface area contributed by atoms with Gasteiger partial charge in [-0.2, -0.15) is 0 Å². The quantitative estimate of drug-likeness (QED) is 0.379. The summed E-state index contributed by atoms with van der Waals surface area (Å²) in [6, 6.07) is 15.6. The van der Waals surface area contributed by atoms with E-state index < -0.39 is 0 Å². The van der Waals surface area contributed by atoms with Gasteiger partial charge in [0.05, 0.1) is 10.6 Å². The lowest BCUT2D eigenvalue weighted by molar-refractivity contribution is 0.102. The lowest BCUT2D eigenvalue weighted by Crippen LogP contribution is -2.12. The fourth-order valence-corrected chi connectivity index (χ4v) is 3.40. The summed E-state index contributed by atoms with van der Waals surface area (Å²) in [5.41, 5.74) is 3.89. The Labute approximate surface area is 176 Å². The van der Waals surface area contributed by atoms with Crippen LogP contribution < -0.4 is 5.32 Å². The van der Waals surface area contributed by atoms with Crippen molar-refractivity contribution in [2.75, 3.05) is 5.32 Å². The predicted molar refractivity (Wildman–Crippen MR) is 114 cm³/mol. The lowest BCUT2D eigenvalue weighted by Gasteiger charge is -2.06. The normalized spacial score (nSPS) is 11.0. The number of amides is 1. The molecule has 0 fully saturated rings. The molecule has 7 heteroatoms. The Morgan fingerprint density at radius 2 is 1.79 bits per heavy atom. The number of nitrogens with zero attached hydrogens (tertiary/aromatic N) is 1. The van der Waals surface area contributed by atoms with Gasteiger partial charge in [-0.1, -0.05) is 40.9 Å². The van der Waals surface area contributed by atoms with Crippen molar-refractivity contribution >= 4 is 57.5 Å². The topological polar surface area (TPSA) is 55.1 Å². The zero-order valence-corrected chi connectivity index (χ0v) is 16.9. The number of benzene rings is 3. The number of carbonyl (C=O) groups excluding carboxylic acids is 1. The van der Waals surface area contributed by atoms with Gasteiger partial charge in [-0.3, -0.25) is 4.79 Å². The molecule has 0 aliphatic carbocycles. The van der Waals surface area contributed by atoms with Crippen molar-refractivity contribution in [3.8, 4) is 11.5 Å². The number of aromatic nitrogens is 1. The van der Waals surface area contributed by atoms with E-state index in [2.05, 4.69) is 10.3 Å². The third kappa shape index (κ3) is 3.72. The molecule has 4 aromatic rings. The number of halogens is 3. The fourth-order valence-electron chi connectivity index (χ4n) is 2.73. The summed E-state index contributed by atoms with van der Waals surface area (Å²) in [6.07, 6.45) is 0. The van der Waals surface area contributed by atoms with E-state index in [-0.39, 0.29) is 10.9 Å². The first kappa shape index (κ1) is 18.8. The Bertz CT molecular complexity index is 1220. The van der Waals surface area contributed by atoms with Crippen molar-refractivity contribution in [3.63, 3.8) is 0 Å². The van der Waals surface area contributed by atoms with Crippen LogP contribution in [0.5, 0.6) is 0 Å². The molecule has 0 unspecified atom stereocenters. The maximum absolute atomic E-state index is 12.5. The minimum Gasteiger partial charge on any atom is -0.436 e. The molecule has 4 nitrogen and oxygen atoms in total. The highest BCUT2D eigenvalue weighted by Crippen LogP contribution is 2.29. The summed E-state index contributed by atoms with van der Waals surface area (Å²) in [5, 5.41) is 4.20. The molecular weight excluding hydrogens is 419 g/mol. The van der Waals surface area contributed by atoms with Crippen molar-refractivity contribution < 1.29 is 9.21 Å². The smallest absolute Gasteiger partial charge is 0.257 e. The van der Waals surface area contributed by atoms with Gasteiger partial charge >= 0.3 is 0 Å². The average Bonchev–Trinajstić information content (AvgIpc) is 3.07. The highest BCUT2D eigenvalue weighted by molar-refractivity contribution is 6.37. The molecule has 0 bridgehead atoms. The molecule has 0 spiro atoms. The number of rotatable bonds is 3. The zero-order chi connectivity index (χ0) is 19.8. The molecule has 140 valence electrons. The summed E-state index contributed by atoms with van der Waals surface area (Å²) >= 11 is 18.2. The number of nitrogens with one attached hydrogen (secondary N) is 1. The molecule has 0 radical (unpaired) electrons. The third-order valence-electron chi connectivity index (χ3n) is 4.24. The average molecular weight is 432 g/mol. The van der Waals surface area contributed by atoms with Crippen molar-refractivity contribution in [2.24, 2.45) is 0 Å². The lowest BCUT2D eigenvalue weighted by atomic mass is 10.1. The summed E-state index contributed by atoms with van der Waals surface area (Å²) in [6.45, 7) is 1.93. The molecule has 0 atom stereocenters. The van der Waals surface area contributed by atoms with E-state index in [1.165, 1.54) is 6.07 Å². The molecule has 0 saturated carbocycles. The minimum atomic E-state index is -0.338. The number of oxazole rings is 1. The van der Waals surface area contributed by atoms with Crippen LogP contribution >= 0.6 is 34.8 Å². The third-order valence-corrected chi connectivity index (χ3v) is 5.19. The standard InChI is InChI=1S/C21H13Cl3N2O2/c1-11-2-3-12(8-16(11)23)21-26-18-10-14(5-7-19(18)28-21)25-20(27)15-6-4-13(22)9-17(15)24/h2-10H,1H3,(H,25,27). The molecule has 1 N–H and O–H groups in total. The Balaban J connectivity index is 1.62. The largest absolute Gasteiger partial charge is 0.436 e. The van der Waals surface area contributed by atoms with E-state index in [4.69, 9.17) is 39.2 Å². The maximum Gasteiger partial charge on any atom is 0.257 e. The first-order valence-corrected chi connectivity index (χ1v) is 9.47. The maximum atomic E-state index is 12.5. The van der Waals surface area contributed by atoms with Crippen LogP contribution in [0, 0.1) is 6.92 Å². The first-order valence-electron chi connectivity index (χ1n) is 8.34. The van der Waals surface area contributed by atoms with Crippen LogP contribution in [0.25, 0.3) is 22.6 Å². The van der Waals surface area contributed by atoms with Gasteiger partial charge in [-0.05, 0) is 61.0 Å². The fraction of sp³-hybridized carbons (Fsp3) is 0.0476. The SMILES string of the molecule is Cc1ccc(-c2nc3cc(NC(=O)c4ccc(Cl)cc4Cl)ccc3o2)cc1Cl. The molecule has 1 amide bonds. The van der Waals surface area contributed by atoms with Gasteiger partial charge in [0.1, 0.15) is 5.52 Å². The molecule has 0 aliphatic rings. The van der Waals surface area contributed by atoms with E-state index >= 15 is 0 Å². The second-order valence-electron chi connectivity index (χ2n) is 6.24. The molecule has 28 heavy (non-hydrogen) atoms. The molecule has 1 aromatic heterocycles. The molecule has 3 aromatic carbocycles. The van der Waals surface area contributed by atoms with Crippen LogP contribution in [0.1, 0.15) is 15.9 Å². The van der Waals surface area contributed by atoms with Gasteiger partial charge in [-0.25, -0.2) is 4.98 Å². The van der Waals surface area contributed by atoms with Gasteiger partial charge in [0.15, 0.2) is 5.58 Å². The van der Waals surface area contributed by atoms with Gasteiger partial charge < -0.3 is 9.73 Å². The minimum absolute atomic E-state index is 0.283. The van der Waals surface area contributed by atoms with E-state index in [0.29, 0.717) is 38.3 Å². The Kier molecular flexibility index (Phi) is 5.02. The van der Waals surface area contributed by atoms with Crippen LogP contribution in [0.3, 0.4) is 0 Å². The second-order valence-corrected chi connectivity index (χ2v) is 7.49. The highest BCUT2D eigenvalue weighted by Gasteiger charge is 2.13. The van der Waals surface area contributed by atoms with Crippen molar-refractivity contribution in [1.29, 1.82) is 0 Å². The Morgan fingerprint density at radius 3 is 2.54 bits per heavy atom. The molecular formula is C21H13Cl3N2O2. The monoisotopic (exact) mass is 430 g/mol. The van der Waals surface area contributed by atoms with Gasteiger partial charge in [0.25, 0.3) is 5.91 Å². The summed E-state index contributed by atoms with van der Waals surface area (Å²) < 4.78 is 5.81. The molecule has 4 rings (SSSR count). The molecule has 0 saturated heterocycles. The van der Waals surface area contributed by atoms with Crippen molar-refractivity contribution in [2.45, 2.75) is 6.92 Å². The van der Waals surface area contributed by atoms with E-state index in [0.717, 1.165) is 11.1 Å². The van der Waals surface area contributed by atoms with Crippen LogP contribution in [0.15, 0.2) is 59.0 Å². The van der Waals surface area contributed by atoms with E-state index in [1.807, 2.05) is 25.1 Å². The molecule has 1 heterocycles. The van der Waals surface area contributed by atoms with Gasteiger partial charge in [0, 0.05) is 21.3 Å². The number of hydrogen-bond donors (Lipinski definition) is 1. The predicted octanol–water partition coefficient (Wildman–Crippen LogP) is 7.02. The van der Waals surface area contributed by atoms with Crippen LogP contribution in [0.4, 0.5) is 5.69 Å². The van der Waals surface area contributed by atoms with Crippen molar-refractivity contribution in [3.05, 3.63) is 80.8 Å². The van der Waals surface area contributed by atoms with Crippen molar-refractivity contribution in [1.82, 2.24) is 4.98 Å². The Morgan fingerprint density at radius 1 is 0.964 bits per heavy atom. The summed E-state index contributed by atoms with van der Waals surface area (Å²) in [4.78, 5) is 17.0. The summed E-state index contributed by atoms with van der Waals surface area (Å²) in [5.74, 6) is 0.121. The van der Waals surface area contributed by atoms with Crippen LogP contribution in [-0.2, 0) is 0 Å². The number of carbonyl (C=O) groups is 1. The Hall–Kier alpha value is -2.53. The van der Waals surface area contributed by atoms with E-state index in [9.17, 15) is 4.79 Å². The molecule has 0 aliphatic heterocycles. The number of hydrogen-bond acceptors (Lipinski definition) is 3. The van der Waals surface area contributed by atoms with Crippen LogP contribution in [0.2, 0.25) is 15.1 Å². The van der Waals surface area contributed by atoms with Crippen LogP contribution in [-0.4, -0.2) is 10.9 Å². The number of aryl methyl sites for hydroxylation is 1. The van der Waals surface area contributed by atoms with E-state index in [1.54, 1.807) is 30.3 Å². The zero-order valence-electron chi connectivity index (χ0n) is 14.6. The van der Waals surface area contributed by atoms with Gasteiger partial charge in [-0.15, -0.1) is 0 Å². The number of anilines is 1. The van der Waals surface area contributed by atoms with Gasteiger partial charge in [0.2, 0.25) is 5.89 Å². The first-order chi connectivity index (χ1) is 13.4. The second kappa shape index (κ2) is 7.47. The highest BCUT2D eigenvalue weighted by atomic mass is 35.5.